The minimum Gasteiger partial charge on any atom is -0.338 e. The van der Waals surface area contributed by atoms with E-state index in [1.165, 1.54) is 28.6 Å². The summed E-state index contributed by atoms with van der Waals surface area (Å²) in [5.41, 5.74) is 2.77. The predicted molar refractivity (Wildman–Crippen MR) is 128 cm³/mol. The Morgan fingerprint density at radius 2 is 1.71 bits per heavy atom. The molecule has 34 heavy (non-hydrogen) atoms. The molecule has 5 rings (SSSR count). The van der Waals surface area contributed by atoms with Crippen LogP contribution in [-0.4, -0.2) is 41.7 Å². The van der Waals surface area contributed by atoms with Crippen LogP contribution in [0.2, 0.25) is 0 Å². The van der Waals surface area contributed by atoms with Crippen molar-refractivity contribution in [3.8, 4) is 11.4 Å². The van der Waals surface area contributed by atoms with Crippen molar-refractivity contribution in [1.29, 1.82) is 0 Å². The molecule has 0 unspecified atom stereocenters. The number of carbonyl (C=O) groups is 1. The Bertz CT molecular complexity index is 1430. The quantitative estimate of drug-likeness (QED) is 0.444. The molecule has 1 fully saturated rings. The first-order valence-electron chi connectivity index (χ1n) is 11.0. The van der Waals surface area contributed by atoms with Gasteiger partial charge in [0.25, 0.3) is 0 Å². The number of piperidine rings is 1. The number of aromatic nitrogens is 2. The topological polar surface area (TPSA) is 95.2 Å². The number of sulfonamides is 1. The summed E-state index contributed by atoms with van der Waals surface area (Å²) in [6.07, 6.45) is 0.827. The van der Waals surface area contributed by atoms with E-state index in [-0.39, 0.29) is 35.6 Å². The summed E-state index contributed by atoms with van der Waals surface area (Å²) in [5, 5.41) is 2.78. The lowest BCUT2D eigenvalue weighted by atomic mass is 9.97. The van der Waals surface area contributed by atoms with Gasteiger partial charge in [0, 0.05) is 30.3 Å². The van der Waals surface area contributed by atoms with E-state index in [0.717, 1.165) is 5.56 Å². The molecule has 0 atom stereocenters. The highest BCUT2D eigenvalue weighted by Gasteiger charge is 2.32. The van der Waals surface area contributed by atoms with E-state index < -0.39 is 10.0 Å². The van der Waals surface area contributed by atoms with Crippen LogP contribution >= 0.6 is 0 Å². The maximum absolute atomic E-state index is 13.3. The second kappa shape index (κ2) is 9.00. The van der Waals surface area contributed by atoms with Crippen molar-refractivity contribution in [2.45, 2.75) is 17.7 Å². The van der Waals surface area contributed by atoms with Crippen LogP contribution in [-0.2, 0) is 14.8 Å². The first-order chi connectivity index (χ1) is 16.4. The molecule has 0 radical (unpaired) electrons. The summed E-state index contributed by atoms with van der Waals surface area (Å²) in [6.45, 7) is 0.500. The zero-order valence-corrected chi connectivity index (χ0v) is 19.1. The molecule has 1 aliphatic rings. The highest BCUT2D eigenvalue weighted by molar-refractivity contribution is 7.89. The molecule has 3 aromatic carbocycles. The van der Waals surface area contributed by atoms with Crippen molar-refractivity contribution >= 4 is 32.7 Å². The van der Waals surface area contributed by atoms with E-state index in [2.05, 4.69) is 15.3 Å². The normalized spacial score (nSPS) is 15.4. The van der Waals surface area contributed by atoms with Crippen LogP contribution in [0.15, 0.2) is 77.7 Å². The number of halogens is 1. The molecule has 2 heterocycles. The molecule has 1 saturated heterocycles. The van der Waals surface area contributed by atoms with Crippen molar-refractivity contribution in [3.05, 3.63) is 78.6 Å². The maximum atomic E-state index is 13.3. The van der Waals surface area contributed by atoms with Crippen molar-refractivity contribution in [2.24, 2.45) is 5.92 Å². The number of hydrogen-bond acceptors (Lipinski definition) is 4. The van der Waals surface area contributed by atoms with E-state index in [9.17, 15) is 17.6 Å². The molecule has 9 heteroatoms. The van der Waals surface area contributed by atoms with Crippen LogP contribution in [0.5, 0.6) is 0 Å². The Morgan fingerprint density at radius 3 is 2.41 bits per heavy atom. The molecule has 2 N–H and O–H groups in total. The molecule has 7 nitrogen and oxygen atoms in total. The predicted octanol–water partition coefficient (Wildman–Crippen LogP) is 4.41. The largest absolute Gasteiger partial charge is 0.338 e. The number of nitrogens with zero attached hydrogens (tertiary/aromatic N) is 2. The van der Waals surface area contributed by atoms with Crippen LogP contribution in [0.4, 0.5) is 10.1 Å². The zero-order valence-electron chi connectivity index (χ0n) is 18.2. The average Bonchev–Trinajstić information content (AvgIpc) is 3.30. The number of hydrogen-bond donors (Lipinski definition) is 2. The van der Waals surface area contributed by atoms with Crippen molar-refractivity contribution < 1.29 is 17.6 Å². The van der Waals surface area contributed by atoms with E-state index in [4.69, 9.17) is 0 Å². The van der Waals surface area contributed by atoms with Crippen molar-refractivity contribution in [3.63, 3.8) is 0 Å². The van der Waals surface area contributed by atoms with Crippen LogP contribution in [0.25, 0.3) is 22.4 Å². The highest BCUT2D eigenvalue weighted by atomic mass is 32.2. The molecule has 4 aromatic rings. The Balaban J connectivity index is 1.28. The number of aromatic amines is 1. The standard InChI is InChI=1S/C25H23FN4O3S/c26-19-6-8-20(9-7-19)27-25(31)18-12-14-30(15-13-18)34(32,33)21-10-11-22-23(16-21)29-24(28-22)17-4-2-1-3-5-17/h1-11,16,18H,12-15H2,(H,27,31)(H,28,29). The first-order valence-corrected chi connectivity index (χ1v) is 12.5. The van der Waals surface area contributed by atoms with Gasteiger partial charge in [-0.25, -0.2) is 17.8 Å². The van der Waals surface area contributed by atoms with Crippen molar-refractivity contribution in [1.82, 2.24) is 14.3 Å². The molecular formula is C25H23FN4O3S. The molecule has 0 saturated carbocycles. The average molecular weight is 479 g/mol. The second-order valence-corrected chi connectivity index (χ2v) is 10.2. The number of fused-ring (bicyclic) bond motifs is 1. The number of nitrogens with one attached hydrogen (secondary N) is 2. The van der Waals surface area contributed by atoms with Gasteiger partial charge in [0.05, 0.1) is 15.9 Å². The van der Waals surface area contributed by atoms with Gasteiger partial charge in [0.15, 0.2) is 0 Å². The molecule has 174 valence electrons. The summed E-state index contributed by atoms with van der Waals surface area (Å²) in [4.78, 5) is 20.5. The SMILES string of the molecule is O=C(Nc1ccc(F)cc1)C1CCN(S(=O)(=O)c2ccc3nc(-c4ccccc4)[nH]c3c2)CC1. The molecule has 1 amide bonds. The Kier molecular flexibility index (Phi) is 5.89. The van der Waals surface area contributed by atoms with Crippen LogP contribution in [0.1, 0.15) is 12.8 Å². The van der Waals surface area contributed by atoms with Gasteiger partial charge in [-0.3, -0.25) is 4.79 Å². The number of imidazole rings is 1. The number of anilines is 1. The molecule has 0 aliphatic carbocycles. The van der Waals surface area contributed by atoms with Crippen LogP contribution < -0.4 is 5.32 Å². The third kappa shape index (κ3) is 4.44. The lowest BCUT2D eigenvalue weighted by molar-refractivity contribution is -0.120. The van der Waals surface area contributed by atoms with Gasteiger partial charge in [-0.15, -0.1) is 0 Å². The monoisotopic (exact) mass is 478 g/mol. The minimum absolute atomic E-state index is 0.184. The van der Waals surface area contributed by atoms with Gasteiger partial charge >= 0.3 is 0 Å². The Hall–Kier alpha value is -3.56. The lowest BCUT2D eigenvalue weighted by Gasteiger charge is -2.30. The van der Waals surface area contributed by atoms with E-state index in [1.54, 1.807) is 18.2 Å². The zero-order chi connectivity index (χ0) is 23.7. The molecule has 1 aliphatic heterocycles. The van der Waals surface area contributed by atoms with E-state index in [0.29, 0.717) is 35.4 Å². The number of amides is 1. The van der Waals surface area contributed by atoms with Gasteiger partial charge in [-0.1, -0.05) is 30.3 Å². The third-order valence-electron chi connectivity index (χ3n) is 6.07. The number of benzene rings is 3. The minimum atomic E-state index is -3.71. The van der Waals surface area contributed by atoms with E-state index in [1.807, 2.05) is 30.3 Å². The molecule has 0 spiro atoms. The van der Waals surface area contributed by atoms with Crippen molar-refractivity contribution in [2.75, 3.05) is 18.4 Å². The summed E-state index contributed by atoms with van der Waals surface area (Å²) < 4.78 is 41.0. The lowest BCUT2D eigenvalue weighted by Crippen LogP contribution is -2.41. The highest BCUT2D eigenvalue weighted by Crippen LogP contribution is 2.28. The third-order valence-corrected chi connectivity index (χ3v) is 7.97. The fourth-order valence-electron chi connectivity index (χ4n) is 4.17. The second-order valence-electron chi connectivity index (χ2n) is 8.30. The maximum Gasteiger partial charge on any atom is 0.243 e. The number of carbonyl (C=O) groups excluding carboxylic acids is 1. The van der Waals surface area contributed by atoms with Gasteiger partial charge in [-0.2, -0.15) is 4.31 Å². The Morgan fingerprint density at radius 1 is 1.00 bits per heavy atom. The summed E-state index contributed by atoms with van der Waals surface area (Å²) in [5.74, 6) is -0.185. The van der Waals surface area contributed by atoms with Gasteiger partial charge in [-0.05, 0) is 55.3 Å². The number of H-pyrrole nitrogens is 1. The first kappa shape index (κ1) is 22.2. The smallest absolute Gasteiger partial charge is 0.243 e. The number of rotatable bonds is 5. The van der Waals surface area contributed by atoms with Gasteiger partial charge in [0.2, 0.25) is 15.9 Å². The fourth-order valence-corrected chi connectivity index (χ4v) is 5.66. The molecule has 0 bridgehead atoms. The summed E-state index contributed by atoms with van der Waals surface area (Å²) in [7, 11) is -3.71. The van der Waals surface area contributed by atoms with Gasteiger partial charge < -0.3 is 10.3 Å². The van der Waals surface area contributed by atoms with Crippen LogP contribution in [0, 0.1) is 11.7 Å². The molecular weight excluding hydrogens is 455 g/mol. The summed E-state index contributed by atoms with van der Waals surface area (Å²) >= 11 is 0. The van der Waals surface area contributed by atoms with Gasteiger partial charge in [0.1, 0.15) is 11.6 Å². The fraction of sp³-hybridized carbons (Fsp3) is 0.200. The molecule has 1 aromatic heterocycles. The Labute approximate surface area is 196 Å². The van der Waals surface area contributed by atoms with Crippen LogP contribution in [0.3, 0.4) is 0 Å². The van der Waals surface area contributed by atoms with E-state index >= 15 is 0 Å². The summed E-state index contributed by atoms with van der Waals surface area (Å²) in [6, 6.07) is 20.1.